The van der Waals surface area contributed by atoms with Crippen molar-refractivity contribution in [2.24, 2.45) is 21.6 Å². The van der Waals surface area contributed by atoms with Crippen LogP contribution < -0.4 is 5.73 Å². The van der Waals surface area contributed by atoms with E-state index in [9.17, 15) is 10.5 Å². The maximum atomic E-state index is 10.1. The molecule has 0 radical (unpaired) electrons. The van der Waals surface area contributed by atoms with E-state index in [0.29, 0.717) is 6.61 Å². The highest BCUT2D eigenvalue weighted by Crippen LogP contribution is 2.85. The fourth-order valence-electron chi connectivity index (χ4n) is 4.61. The van der Waals surface area contributed by atoms with E-state index < -0.39 is 22.2 Å². The number of aliphatic imine (C=N–C) groups is 1. The van der Waals surface area contributed by atoms with Gasteiger partial charge in [-0.3, -0.25) is 0 Å². The second kappa shape index (κ2) is 4.37. The zero-order chi connectivity index (χ0) is 17.4. The first-order chi connectivity index (χ1) is 11.3. The molecule has 1 aromatic carbocycles. The van der Waals surface area contributed by atoms with E-state index in [-0.39, 0.29) is 11.9 Å². The molecule has 6 nitrogen and oxygen atoms in total. The lowest BCUT2D eigenvalue weighted by atomic mass is 9.85. The molecule has 1 aliphatic carbocycles. The molecule has 4 rings (SSSR count). The molecule has 7 heteroatoms. The standard InChI is InChI=1S/C17H15BrN4O2/c1-10-7-23-17(24-10)16(9-20)14(2,11-3-5-12(18)6-4-11)15(16,8-19)13(21)22-17/h3-6,10H,7H2,1-2H3,(H2,21,22)/t10-,14-,15-,16+,17-/m0/s1. The smallest absolute Gasteiger partial charge is 0.294 e. The lowest BCUT2D eigenvalue weighted by Crippen LogP contribution is -2.42. The summed E-state index contributed by atoms with van der Waals surface area (Å²) >= 11 is 3.41. The van der Waals surface area contributed by atoms with Crippen LogP contribution in [0, 0.1) is 33.5 Å². The summed E-state index contributed by atoms with van der Waals surface area (Å²) in [7, 11) is 0. The Kier molecular flexibility index (Phi) is 2.84. The Bertz CT molecular complexity index is 857. The van der Waals surface area contributed by atoms with Crippen LogP contribution in [0.1, 0.15) is 19.4 Å². The van der Waals surface area contributed by atoms with Crippen molar-refractivity contribution in [3.63, 3.8) is 0 Å². The van der Waals surface area contributed by atoms with Gasteiger partial charge in [0.25, 0.3) is 5.91 Å². The van der Waals surface area contributed by atoms with Crippen molar-refractivity contribution in [1.29, 1.82) is 10.5 Å². The van der Waals surface area contributed by atoms with E-state index in [1.807, 2.05) is 38.1 Å². The first-order valence-corrected chi connectivity index (χ1v) is 8.40. The molecule has 2 aliphatic heterocycles. The Balaban J connectivity index is 1.98. The topological polar surface area (TPSA) is 104 Å². The molecule has 0 aromatic heterocycles. The van der Waals surface area contributed by atoms with Crippen LogP contribution in [0.5, 0.6) is 0 Å². The van der Waals surface area contributed by atoms with E-state index in [0.717, 1.165) is 10.0 Å². The molecule has 0 amide bonds. The van der Waals surface area contributed by atoms with Crippen molar-refractivity contribution in [1.82, 2.24) is 0 Å². The first kappa shape index (κ1) is 15.6. The van der Waals surface area contributed by atoms with Crippen LogP contribution in [0.25, 0.3) is 0 Å². The number of ether oxygens (including phenoxy) is 2. The zero-order valence-corrected chi connectivity index (χ0v) is 14.8. The molecule has 122 valence electrons. The maximum absolute atomic E-state index is 10.1. The van der Waals surface area contributed by atoms with Crippen molar-refractivity contribution in [2.75, 3.05) is 6.61 Å². The summed E-state index contributed by atoms with van der Waals surface area (Å²) in [5, 5.41) is 20.2. The second-order valence-corrected chi connectivity index (χ2v) is 7.59. The average molecular weight is 387 g/mol. The van der Waals surface area contributed by atoms with Crippen molar-refractivity contribution >= 4 is 21.8 Å². The van der Waals surface area contributed by atoms with Crippen LogP contribution in [-0.4, -0.2) is 24.5 Å². The molecule has 0 unspecified atom stereocenters. The number of rotatable bonds is 1. The number of nitriles is 2. The lowest BCUT2D eigenvalue weighted by molar-refractivity contribution is -0.196. The number of nitrogens with zero attached hydrogens (tertiary/aromatic N) is 3. The average Bonchev–Trinajstić information content (AvgIpc) is 2.75. The molecule has 2 heterocycles. The molecule has 1 spiro atoms. The number of benzene rings is 1. The van der Waals surface area contributed by atoms with E-state index in [1.54, 1.807) is 0 Å². The number of hydrogen-bond donors (Lipinski definition) is 1. The number of nitrogens with two attached hydrogens (primary N) is 1. The normalized spacial score (nSPS) is 45.4. The van der Waals surface area contributed by atoms with Crippen LogP contribution >= 0.6 is 15.9 Å². The molecule has 5 atom stereocenters. The van der Waals surface area contributed by atoms with Crippen LogP contribution in [0.4, 0.5) is 0 Å². The quantitative estimate of drug-likeness (QED) is 0.796. The monoisotopic (exact) mass is 386 g/mol. The Morgan fingerprint density at radius 1 is 1.29 bits per heavy atom. The molecule has 2 fully saturated rings. The van der Waals surface area contributed by atoms with E-state index >= 15 is 0 Å². The van der Waals surface area contributed by atoms with Gasteiger partial charge in [0.2, 0.25) is 0 Å². The van der Waals surface area contributed by atoms with Crippen LogP contribution in [0.2, 0.25) is 0 Å². The summed E-state index contributed by atoms with van der Waals surface area (Å²) < 4.78 is 12.7. The van der Waals surface area contributed by atoms with Crippen molar-refractivity contribution in [2.45, 2.75) is 31.3 Å². The van der Waals surface area contributed by atoms with Gasteiger partial charge in [-0.1, -0.05) is 35.0 Å². The third-order valence-corrected chi connectivity index (χ3v) is 6.29. The van der Waals surface area contributed by atoms with Gasteiger partial charge in [-0.05, 0) is 24.6 Å². The number of fused-ring (bicyclic) bond motifs is 2. The minimum Gasteiger partial charge on any atom is -0.386 e. The summed E-state index contributed by atoms with van der Waals surface area (Å²) in [4.78, 5) is 4.32. The van der Waals surface area contributed by atoms with Gasteiger partial charge in [0, 0.05) is 9.89 Å². The summed E-state index contributed by atoms with van der Waals surface area (Å²) in [5.74, 6) is -1.42. The molecule has 24 heavy (non-hydrogen) atoms. The Morgan fingerprint density at radius 2 is 1.96 bits per heavy atom. The fraction of sp³-hybridized carbons (Fsp3) is 0.471. The summed E-state index contributed by atoms with van der Waals surface area (Å²) in [6, 6.07) is 12.1. The van der Waals surface area contributed by atoms with Crippen molar-refractivity contribution in [3.05, 3.63) is 34.3 Å². The van der Waals surface area contributed by atoms with Crippen molar-refractivity contribution in [3.8, 4) is 12.1 Å². The molecule has 1 saturated heterocycles. The van der Waals surface area contributed by atoms with Crippen LogP contribution in [0.15, 0.2) is 33.7 Å². The third-order valence-electron chi connectivity index (χ3n) is 5.76. The third kappa shape index (κ3) is 1.26. The predicted molar refractivity (Wildman–Crippen MR) is 88.4 cm³/mol. The van der Waals surface area contributed by atoms with E-state index in [2.05, 4.69) is 33.1 Å². The highest BCUT2D eigenvalue weighted by molar-refractivity contribution is 9.10. The second-order valence-electron chi connectivity index (χ2n) is 6.67. The summed E-state index contributed by atoms with van der Waals surface area (Å²) in [5.41, 5.74) is 3.55. The first-order valence-electron chi connectivity index (χ1n) is 7.61. The van der Waals surface area contributed by atoms with Crippen molar-refractivity contribution < 1.29 is 9.47 Å². The van der Waals surface area contributed by atoms with Gasteiger partial charge >= 0.3 is 0 Å². The minimum atomic E-state index is -1.52. The van der Waals surface area contributed by atoms with E-state index in [4.69, 9.17) is 15.2 Å². The zero-order valence-electron chi connectivity index (χ0n) is 13.2. The Labute approximate surface area is 148 Å². The molecule has 1 saturated carbocycles. The lowest BCUT2D eigenvalue weighted by Gasteiger charge is -2.30. The van der Waals surface area contributed by atoms with Gasteiger partial charge in [0.15, 0.2) is 10.8 Å². The van der Waals surface area contributed by atoms with Crippen LogP contribution in [0.3, 0.4) is 0 Å². The molecular weight excluding hydrogens is 372 g/mol. The van der Waals surface area contributed by atoms with Crippen LogP contribution in [-0.2, 0) is 14.9 Å². The highest BCUT2D eigenvalue weighted by Gasteiger charge is 3.00. The predicted octanol–water partition coefficient (Wildman–Crippen LogP) is 2.20. The Morgan fingerprint density at radius 3 is 2.46 bits per heavy atom. The minimum absolute atomic E-state index is 0.103. The molecule has 1 aromatic rings. The van der Waals surface area contributed by atoms with Gasteiger partial charge in [-0.2, -0.15) is 10.5 Å². The summed E-state index contributed by atoms with van der Waals surface area (Å²) in [6.45, 7) is 4.01. The maximum Gasteiger partial charge on any atom is 0.294 e. The number of hydrogen-bond acceptors (Lipinski definition) is 6. The van der Waals surface area contributed by atoms with Gasteiger partial charge in [0.1, 0.15) is 5.84 Å². The SMILES string of the molecule is C[C@H]1CO[C@]2(N=C(N)[C@@]3(C#N)[C@](C)(c4ccc(Br)cc4)[C@@]23C#N)O1. The van der Waals surface area contributed by atoms with Gasteiger partial charge < -0.3 is 15.2 Å². The molecule has 2 N–H and O–H groups in total. The molecule has 0 bridgehead atoms. The molecular formula is C17H15BrN4O2. The van der Waals surface area contributed by atoms with Gasteiger partial charge in [-0.15, -0.1) is 0 Å². The Hall–Kier alpha value is -1.93. The van der Waals surface area contributed by atoms with Gasteiger partial charge in [0.05, 0.1) is 24.8 Å². The highest BCUT2D eigenvalue weighted by atomic mass is 79.9. The fourth-order valence-corrected chi connectivity index (χ4v) is 4.87. The van der Waals surface area contributed by atoms with Gasteiger partial charge in [-0.25, -0.2) is 4.99 Å². The summed E-state index contributed by atoms with van der Waals surface area (Å²) in [6.07, 6.45) is -0.226. The number of amidine groups is 1. The largest absolute Gasteiger partial charge is 0.386 e. The molecule has 3 aliphatic rings. The number of halogens is 1. The van der Waals surface area contributed by atoms with E-state index in [1.165, 1.54) is 0 Å².